The van der Waals surface area contributed by atoms with Crippen LogP contribution in [0.5, 0.6) is 0 Å². The highest BCUT2D eigenvalue weighted by Gasteiger charge is 2.18. The molecule has 4 rings (SSSR count). The number of rotatable bonds is 9. The molecular formula is C25H36BrN7O. The van der Waals surface area contributed by atoms with Gasteiger partial charge in [0.25, 0.3) is 0 Å². The Morgan fingerprint density at radius 1 is 1.12 bits per heavy atom. The number of carbonyl (C=O) groups excluding carboxylic acids is 1. The summed E-state index contributed by atoms with van der Waals surface area (Å²) in [6, 6.07) is 6.61. The minimum absolute atomic E-state index is 0.284. The van der Waals surface area contributed by atoms with Crippen LogP contribution in [0.25, 0.3) is 0 Å². The van der Waals surface area contributed by atoms with Crippen LogP contribution in [0.1, 0.15) is 38.2 Å². The number of anilines is 4. The average Bonchev–Trinajstić information content (AvgIpc) is 2.85. The van der Waals surface area contributed by atoms with Gasteiger partial charge in [-0.15, -0.1) is 0 Å². The number of likely N-dealkylation sites (tertiary alicyclic amines) is 1. The van der Waals surface area contributed by atoms with Gasteiger partial charge in [0.15, 0.2) is 0 Å². The Morgan fingerprint density at radius 2 is 1.94 bits per heavy atom. The van der Waals surface area contributed by atoms with Gasteiger partial charge in [0.1, 0.15) is 5.82 Å². The predicted octanol–water partition coefficient (Wildman–Crippen LogP) is 4.11. The third-order valence-electron chi connectivity index (χ3n) is 6.65. The average molecular weight is 531 g/mol. The summed E-state index contributed by atoms with van der Waals surface area (Å²) < 4.78 is 0.827. The van der Waals surface area contributed by atoms with E-state index < -0.39 is 0 Å². The molecule has 8 nitrogen and oxygen atoms in total. The molecule has 2 aliphatic heterocycles. The van der Waals surface area contributed by atoms with Crippen LogP contribution in [0.2, 0.25) is 0 Å². The number of amides is 1. The van der Waals surface area contributed by atoms with E-state index >= 15 is 0 Å². The second kappa shape index (κ2) is 11.8. The zero-order chi connectivity index (χ0) is 23.9. The normalized spacial score (nSPS) is 17.2. The summed E-state index contributed by atoms with van der Waals surface area (Å²) >= 11 is 3.55. The quantitative estimate of drug-likeness (QED) is 0.473. The number of piperazine rings is 1. The van der Waals surface area contributed by atoms with E-state index in [2.05, 4.69) is 78.5 Å². The predicted molar refractivity (Wildman–Crippen MR) is 142 cm³/mol. The van der Waals surface area contributed by atoms with Crippen molar-refractivity contribution in [3.05, 3.63) is 34.4 Å². The van der Waals surface area contributed by atoms with Gasteiger partial charge in [0.2, 0.25) is 11.9 Å². The summed E-state index contributed by atoms with van der Waals surface area (Å²) in [5.41, 5.74) is 3.57. The molecule has 0 spiro atoms. The highest BCUT2D eigenvalue weighted by Crippen LogP contribution is 2.28. The molecule has 0 bridgehead atoms. The molecule has 1 amide bonds. The van der Waals surface area contributed by atoms with Crippen molar-refractivity contribution in [1.29, 1.82) is 0 Å². The summed E-state index contributed by atoms with van der Waals surface area (Å²) in [7, 11) is 2.18. The lowest BCUT2D eigenvalue weighted by Gasteiger charge is -2.34. The zero-order valence-corrected chi connectivity index (χ0v) is 21.9. The molecule has 2 N–H and O–H groups in total. The molecular weight excluding hydrogens is 494 g/mol. The Morgan fingerprint density at radius 3 is 2.71 bits per heavy atom. The molecule has 2 saturated heterocycles. The van der Waals surface area contributed by atoms with Crippen LogP contribution in [0, 0.1) is 0 Å². The number of aromatic nitrogens is 2. The number of aryl methyl sites for hydroxylation is 1. The van der Waals surface area contributed by atoms with E-state index in [1.165, 1.54) is 11.3 Å². The highest BCUT2D eigenvalue weighted by atomic mass is 79.9. The molecule has 0 atom stereocenters. The molecule has 34 heavy (non-hydrogen) atoms. The first-order valence-corrected chi connectivity index (χ1v) is 13.2. The Bertz CT molecular complexity index is 978. The maximum Gasteiger partial charge on any atom is 0.229 e. The van der Waals surface area contributed by atoms with Gasteiger partial charge in [-0.25, -0.2) is 4.98 Å². The van der Waals surface area contributed by atoms with Crippen molar-refractivity contribution >= 4 is 45.0 Å². The van der Waals surface area contributed by atoms with Gasteiger partial charge < -0.3 is 25.3 Å². The van der Waals surface area contributed by atoms with Gasteiger partial charge >= 0.3 is 0 Å². The third kappa shape index (κ3) is 6.39. The Hall–Kier alpha value is -2.39. The minimum Gasteiger partial charge on any atom is -0.369 e. The van der Waals surface area contributed by atoms with E-state index in [-0.39, 0.29) is 5.91 Å². The van der Waals surface area contributed by atoms with Crippen molar-refractivity contribution in [2.75, 3.05) is 68.4 Å². The molecule has 2 fully saturated rings. The number of carbonyl (C=O) groups is 1. The SMILES string of the molecule is CCc1cc(N2CCN(C)CC2)ccc1Nc1ncc(Br)c(NCCCN2CCCCC2=O)n1. The first kappa shape index (κ1) is 24.7. The maximum absolute atomic E-state index is 12.0. The van der Waals surface area contributed by atoms with Gasteiger partial charge in [-0.05, 0) is 72.4 Å². The number of nitrogens with zero attached hydrogens (tertiary/aromatic N) is 5. The molecule has 0 radical (unpaired) electrons. The van der Waals surface area contributed by atoms with Gasteiger partial charge in [-0.2, -0.15) is 4.98 Å². The van der Waals surface area contributed by atoms with Crippen LogP contribution in [-0.4, -0.2) is 78.5 Å². The molecule has 2 aliphatic rings. The largest absolute Gasteiger partial charge is 0.369 e. The summed E-state index contributed by atoms with van der Waals surface area (Å²) in [6.45, 7) is 8.91. The number of hydrogen-bond acceptors (Lipinski definition) is 7. The standard InChI is InChI=1S/C25H36BrN7O/c1-3-19-17-20(32-15-13-31(2)14-16-32)8-9-22(19)29-25-28-18-21(26)24(30-25)27-10-6-12-33-11-5-4-7-23(33)34/h8-9,17-18H,3-7,10-16H2,1-2H3,(H2,27,28,29,30). The fourth-order valence-corrected chi connectivity index (χ4v) is 4.83. The lowest BCUT2D eigenvalue weighted by molar-refractivity contribution is -0.133. The van der Waals surface area contributed by atoms with Crippen LogP contribution in [0.4, 0.5) is 23.1 Å². The molecule has 0 saturated carbocycles. The van der Waals surface area contributed by atoms with Gasteiger partial charge in [0.05, 0.1) is 4.47 Å². The minimum atomic E-state index is 0.284. The molecule has 1 aromatic heterocycles. The van der Waals surface area contributed by atoms with Gasteiger partial charge in [-0.1, -0.05) is 6.92 Å². The van der Waals surface area contributed by atoms with Crippen LogP contribution in [0.15, 0.2) is 28.9 Å². The molecule has 2 aromatic rings. The van der Waals surface area contributed by atoms with E-state index in [0.29, 0.717) is 12.4 Å². The van der Waals surface area contributed by atoms with E-state index in [1.807, 2.05) is 4.90 Å². The van der Waals surface area contributed by atoms with E-state index in [9.17, 15) is 4.79 Å². The van der Waals surface area contributed by atoms with Crippen LogP contribution in [-0.2, 0) is 11.2 Å². The third-order valence-corrected chi connectivity index (χ3v) is 7.23. The smallest absolute Gasteiger partial charge is 0.229 e. The van der Waals surface area contributed by atoms with Crippen molar-refractivity contribution in [2.45, 2.75) is 39.0 Å². The molecule has 3 heterocycles. The molecule has 184 valence electrons. The van der Waals surface area contributed by atoms with Crippen LogP contribution < -0.4 is 15.5 Å². The van der Waals surface area contributed by atoms with Crippen molar-refractivity contribution in [3.63, 3.8) is 0 Å². The van der Waals surface area contributed by atoms with E-state index in [4.69, 9.17) is 0 Å². The summed E-state index contributed by atoms with van der Waals surface area (Å²) in [4.78, 5) is 27.9. The van der Waals surface area contributed by atoms with Gasteiger partial charge in [0, 0.05) is 69.8 Å². The van der Waals surface area contributed by atoms with E-state index in [1.54, 1.807) is 6.20 Å². The Balaban J connectivity index is 1.36. The van der Waals surface area contributed by atoms with Crippen molar-refractivity contribution in [1.82, 2.24) is 19.8 Å². The first-order chi connectivity index (χ1) is 16.5. The van der Waals surface area contributed by atoms with Crippen molar-refractivity contribution < 1.29 is 4.79 Å². The lowest BCUT2D eigenvalue weighted by Crippen LogP contribution is -2.44. The lowest BCUT2D eigenvalue weighted by atomic mass is 10.1. The Kier molecular flexibility index (Phi) is 8.61. The number of piperidine rings is 1. The summed E-state index contributed by atoms with van der Waals surface area (Å²) in [5, 5.41) is 6.80. The van der Waals surface area contributed by atoms with Crippen LogP contribution >= 0.6 is 15.9 Å². The molecule has 9 heteroatoms. The van der Waals surface area contributed by atoms with Crippen LogP contribution in [0.3, 0.4) is 0 Å². The summed E-state index contributed by atoms with van der Waals surface area (Å²) in [5.74, 6) is 1.61. The number of benzene rings is 1. The maximum atomic E-state index is 12.0. The summed E-state index contributed by atoms with van der Waals surface area (Å²) in [6.07, 6.45) is 6.42. The topological polar surface area (TPSA) is 76.6 Å². The number of likely N-dealkylation sites (N-methyl/N-ethyl adjacent to an activating group) is 1. The second-order valence-corrected chi connectivity index (χ2v) is 9.97. The monoisotopic (exact) mass is 529 g/mol. The fourth-order valence-electron chi connectivity index (χ4n) is 4.50. The van der Waals surface area contributed by atoms with E-state index in [0.717, 1.165) is 87.5 Å². The Labute approximate surface area is 211 Å². The molecule has 0 unspecified atom stereocenters. The second-order valence-electron chi connectivity index (χ2n) is 9.12. The fraction of sp³-hybridized carbons (Fsp3) is 0.560. The number of halogens is 1. The zero-order valence-electron chi connectivity index (χ0n) is 20.3. The van der Waals surface area contributed by atoms with Crippen molar-refractivity contribution in [2.24, 2.45) is 0 Å². The molecule has 1 aromatic carbocycles. The first-order valence-electron chi connectivity index (χ1n) is 12.4. The van der Waals surface area contributed by atoms with Crippen molar-refractivity contribution in [3.8, 4) is 0 Å². The van der Waals surface area contributed by atoms with Gasteiger partial charge in [-0.3, -0.25) is 4.79 Å². The highest BCUT2D eigenvalue weighted by molar-refractivity contribution is 9.10. The number of nitrogens with one attached hydrogen (secondary N) is 2. The molecule has 0 aliphatic carbocycles. The number of hydrogen-bond donors (Lipinski definition) is 2.